The Kier molecular flexibility index (Phi) is 8.65. The van der Waals surface area contributed by atoms with Gasteiger partial charge in [-0.25, -0.2) is 4.39 Å². The van der Waals surface area contributed by atoms with Crippen molar-refractivity contribution in [3.8, 4) is 5.75 Å². The highest BCUT2D eigenvalue weighted by atomic mass is 19.1. The fourth-order valence-electron chi connectivity index (χ4n) is 2.89. The van der Waals surface area contributed by atoms with Gasteiger partial charge in [-0.3, -0.25) is 9.59 Å². The number of nitrogens with zero attached hydrogens (tertiary/aromatic N) is 1. The Morgan fingerprint density at radius 3 is 2.28 bits per heavy atom. The molecule has 2 aromatic carbocycles. The number of hydrogen-bond acceptors (Lipinski definition) is 3. The summed E-state index contributed by atoms with van der Waals surface area (Å²) in [4.78, 5) is 27.3. The van der Waals surface area contributed by atoms with Crippen LogP contribution in [-0.2, 0) is 16.1 Å². The zero-order valence-corrected chi connectivity index (χ0v) is 17.2. The van der Waals surface area contributed by atoms with Crippen LogP contribution in [0.5, 0.6) is 5.75 Å². The Hall–Kier alpha value is -2.89. The molecule has 0 spiro atoms. The van der Waals surface area contributed by atoms with Crippen LogP contribution in [0.15, 0.2) is 54.6 Å². The van der Waals surface area contributed by atoms with Crippen molar-refractivity contribution in [3.63, 3.8) is 0 Å². The average molecular weight is 400 g/mol. The molecular formula is C23H29FN2O3. The number of ether oxygens (including phenoxy) is 1. The fourth-order valence-corrected chi connectivity index (χ4v) is 2.89. The van der Waals surface area contributed by atoms with E-state index in [0.717, 1.165) is 12.0 Å². The van der Waals surface area contributed by atoms with Crippen LogP contribution in [-0.4, -0.2) is 35.4 Å². The number of para-hydroxylation sites is 1. The third-order valence-corrected chi connectivity index (χ3v) is 4.76. The molecule has 0 aliphatic carbocycles. The van der Waals surface area contributed by atoms with Crippen molar-refractivity contribution in [1.82, 2.24) is 10.2 Å². The lowest BCUT2D eigenvalue weighted by Gasteiger charge is -2.31. The maximum atomic E-state index is 13.3. The van der Waals surface area contributed by atoms with E-state index in [1.807, 2.05) is 39.0 Å². The number of halogens is 1. The Bertz CT molecular complexity index is 780. The fraction of sp³-hybridized carbons (Fsp3) is 0.391. The zero-order chi connectivity index (χ0) is 21.2. The Morgan fingerprint density at radius 1 is 1.03 bits per heavy atom. The summed E-state index contributed by atoms with van der Waals surface area (Å²) in [5.41, 5.74) is 0.745. The van der Waals surface area contributed by atoms with E-state index in [9.17, 15) is 14.0 Å². The van der Waals surface area contributed by atoms with E-state index in [2.05, 4.69) is 5.32 Å². The number of hydrogen-bond donors (Lipinski definition) is 1. The van der Waals surface area contributed by atoms with Gasteiger partial charge < -0.3 is 15.0 Å². The first-order valence-corrected chi connectivity index (χ1v) is 9.96. The minimum Gasteiger partial charge on any atom is -0.484 e. The van der Waals surface area contributed by atoms with Crippen molar-refractivity contribution < 1.29 is 18.7 Å². The maximum Gasteiger partial charge on any atom is 0.261 e. The van der Waals surface area contributed by atoms with Crippen LogP contribution in [0.2, 0.25) is 0 Å². The zero-order valence-electron chi connectivity index (χ0n) is 17.2. The molecule has 2 atom stereocenters. The molecule has 5 nitrogen and oxygen atoms in total. The lowest BCUT2D eigenvalue weighted by molar-refractivity contribution is -0.143. The van der Waals surface area contributed by atoms with Crippen LogP contribution in [0, 0.1) is 5.82 Å². The molecule has 6 heteroatoms. The largest absolute Gasteiger partial charge is 0.484 e. The first-order chi connectivity index (χ1) is 13.9. The van der Waals surface area contributed by atoms with E-state index in [1.165, 1.54) is 17.0 Å². The summed E-state index contributed by atoms with van der Waals surface area (Å²) in [6, 6.07) is 14.4. The summed E-state index contributed by atoms with van der Waals surface area (Å²) in [5, 5.41) is 2.95. The van der Waals surface area contributed by atoms with E-state index in [0.29, 0.717) is 12.2 Å². The van der Waals surface area contributed by atoms with Gasteiger partial charge in [0.2, 0.25) is 5.91 Å². The van der Waals surface area contributed by atoms with Crippen molar-refractivity contribution in [2.24, 2.45) is 0 Å². The van der Waals surface area contributed by atoms with Crippen LogP contribution in [0.3, 0.4) is 0 Å². The summed E-state index contributed by atoms with van der Waals surface area (Å²) in [5.74, 6) is -0.262. The van der Waals surface area contributed by atoms with Crippen LogP contribution < -0.4 is 10.1 Å². The van der Waals surface area contributed by atoms with E-state index in [-0.39, 0.29) is 36.8 Å². The SMILES string of the molecule is CCC(C)NC(=O)C(CC)N(Cc1ccc(F)cc1)C(=O)COc1ccccc1. The molecular weight excluding hydrogens is 371 g/mol. The average Bonchev–Trinajstić information content (AvgIpc) is 2.73. The minimum atomic E-state index is -0.638. The number of rotatable bonds is 10. The van der Waals surface area contributed by atoms with Crippen molar-refractivity contribution in [3.05, 3.63) is 66.0 Å². The second-order valence-electron chi connectivity index (χ2n) is 6.99. The molecule has 1 N–H and O–H groups in total. The molecule has 0 saturated carbocycles. The third kappa shape index (κ3) is 6.89. The third-order valence-electron chi connectivity index (χ3n) is 4.76. The molecule has 0 aliphatic rings. The molecule has 156 valence electrons. The van der Waals surface area contributed by atoms with Crippen molar-refractivity contribution in [1.29, 1.82) is 0 Å². The first-order valence-electron chi connectivity index (χ1n) is 9.96. The summed E-state index contributed by atoms with van der Waals surface area (Å²) < 4.78 is 18.9. The molecule has 2 aromatic rings. The molecule has 29 heavy (non-hydrogen) atoms. The van der Waals surface area contributed by atoms with Crippen molar-refractivity contribution in [2.45, 2.75) is 52.2 Å². The summed E-state index contributed by atoms with van der Waals surface area (Å²) >= 11 is 0. The quantitative estimate of drug-likeness (QED) is 0.657. The van der Waals surface area contributed by atoms with Crippen LogP contribution in [0.25, 0.3) is 0 Å². The summed E-state index contributed by atoms with van der Waals surface area (Å²) in [6.45, 7) is 5.79. The standard InChI is InChI=1S/C23H29FN2O3/c1-4-17(3)25-23(28)21(5-2)26(15-18-11-13-19(24)14-12-18)22(27)16-29-20-9-7-6-8-10-20/h6-14,17,21H,4-5,15-16H2,1-3H3,(H,25,28). The van der Waals surface area contributed by atoms with Crippen LogP contribution in [0.4, 0.5) is 4.39 Å². The van der Waals surface area contributed by atoms with Crippen molar-refractivity contribution in [2.75, 3.05) is 6.61 Å². The van der Waals surface area contributed by atoms with E-state index < -0.39 is 6.04 Å². The smallest absolute Gasteiger partial charge is 0.261 e. The number of carbonyl (C=O) groups excluding carboxylic acids is 2. The highest BCUT2D eigenvalue weighted by Gasteiger charge is 2.29. The van der Waals surface area contributed by atoms with E-state index in [4.69, 9.17) is 4.74 Å². The van der Waals surface area contributed by atoms with Gasteiger partial charge in [0, 0.05) is 12.6 Å². The number of benzene rings is 2. The molecule has 0 fully saturated rings. The molecule has 0 aromatic heterocycles. The van der Waals surface area contributed by atoms with Gasteiger partial charge in [-0.05, 0) is 49.6 Å². The molecule has 0 radical (unpaired) electrons. The summed E-state index contributed by atoms with van der Waals surface area (Å²) in [6.07, 6.45) is 1.26. The molecule has 0 aliphatic heterocycles. The van der Waals surface area contributed by atoms with Gasteiger partial charge in [-0.2, -0.15) is 0 Å². The second-order valence-corrected chi connectivity index (χ2v) is 6.99. The van der Waals surface area contributed by atoms with Crippen LogP contribution in [0.1, 0.15) is 39.2 Å². The molecule has 0 bridgehead atoms. The van der Waals surface area contributed by atoms with Gasteiger partial charge in [-0.15, -0.1) is 0 Å². The normalized spacial score (nSPS) is 12.7. The number of carbonyl (C=O) groups is 2. The molecule has 0 saturated heterocycles. The molecule has 2 amide bonds. The second kappa shape index (κ2) is 11.2. The van der Waals surface area contributed by atoms with Gasteiger partial charge in [0.1, 0.15) is 17.6 Å². The monoisotopic (exact) mass is 400 g/mol. The van der Waals surface area contributed by atoms with Gasteiger partial charge in [0.25, 0.3) is 5.91 Å². The topological polar surface area (TPSA) is 58.6 Å². The minimum absolute atomic E-state index is 0.0138. The Labute approximate surface area is 171 Å². The van der Waals surface area contributed by atoms with E-state index in [1.54, 1.807) is 24.3 Å². The molecule has 2 rings (SSSR count). The van der Waals surface area contributed by atoms with Gasteiger partial charge in [0.15, 0.2) is 6.61 Å². The van der Waals surface area contributed by atoms with Crippen molar-refractivity contribution >= 4 is 11.8 Å². The lowest BCUT2D eigenvalue weighted by atomic mass is 10.1. The molecule has 2 unspecified atom stereocenters. The van der Waals surface area contributed by atoms with Gasteiger partial charge in [0.05, 0.1) is 0 Å². The summed E-state index contributed by atoms with van der Waals surface area (Å²) in [7, 11) is 0. The number of nitrogens with one attached hydrogen (secondary N) is 1. The highest BCUT2D eigenvalue weighted by Crippen LogP contribution is 2.15. The Morgan fingerprint density at radius 2 is 1.69 bits per heavy atom. The highest BCUT2D eigenvalue weighted by molar-refractivity contribution is 5.88. The predicted molar refractivity (Wildman–Crippen MR) is 111 cm³/mol. The molecule has 0 heterocycles. The van der Waals surface area contributed by atoms with Gasteiger partial charge >= 0.3 is 0 Å². The predicted octanol–water partition coefficient (Wildman–Crippen LogP) is 3.93. The van der Waals surface area contributed by atoms with Gasteiger partial charge in [-0.1, -0.05) is 44.2 Å². The lowest BCUT2D eigenvalue weighted by Crippen LogP contribution is -2.51. The van der Waals surface area contributed by atoms with E-state index >= 15 is 0 Å². The maximum absolute atomic E-state index is 13.3. The number of amides is 2. The Balaban J connectivity index is 2.19. The first kappa shape index (κ1) is 22.4. The van der Waals surface area contributed by atoms with Crippen LogP contribution >= 0.6 is 0 Å².